The second kappa shape index (κ2) is 8.76. The van der Waals surface area contributed by atoms with Crippen LogP contribution in [0.25, 0.3) is 0 Å². The average Bonchev–Trinajstić information content (AvgIpc) is 3.12. The van der Waals surface area contributed by atoms with E-state index in [0.29, 0.717) is 35.8 Å². The minimum absolute atomic E-state index is 0. The maximum Gasteiger partial charge on any atom is 0.145 e. The van der Waals surface area contributed by atoms with Crippen molar-refractivity contribution in [2.75, 3.05) is 0 Å². The Kier molecular flexibility index (Phi) is 7.34. The molecule has 0 saturated heterocycles. The third-order valence-corrected chi connectivity index (χ3v) is 2.93. The summed E-state index contributed by atoms with van der Waals surface area (Å²) in [7, 11) is 0. The number of hydrogen-bond acceptors (Lipinski definition) is 3. The van der Waals surface area contributed by atoms with Crippen LogP contribution in [0, 0.1) is 12.2 Å². The van der Waals surface area contributed by atoms with E-state index < -0.39 is 0 Å². The number of rotatable bonds is 6. The first kappa shape index (κ1) is 17.6. The van der Waals surface area contributed by atoms with Crippen LogP contribution in [0.4, 0.5) is 0 Å². The first-order valence-electron chi connectivity index (χ1n) is 6.14. The summed E-state index contributed by atoms with van der Waals surface area (Å²) in [5.41, 5.74) is 3.36. The van der Waals surface area contributed by atoms with Crippen molar-refractivity contribution >= 4 is 18.9 Å². The fourth-order valence-corrected chi connectivity index (χ4v) is 1.89. The van der Waals surface area contributed by atoms with E-state index in [1.165, 1.54) is 0 Å². The van der Waals surface area contributed by atoms with Gasteiger partial charge < -0.3 is 4.79 Å². The van der Waals surface area contributed by atoms with Gasteiger partial charge in [0.25, 0.3) is 0 Å². The van der Waals surface area contributed by atoms with Gasteiger partial charge >= 0.3 is 0 Å². The van der Waals surface area contributed by atoms with Crippen molar-refractivity contribution < 1.29 is 47.1 Å². The van der Waals surface area contributed by atoms with E-state index in [2.05, 4.69) is 12.2 Å². The molecule has 0 unspecified atom stereocenters. The number of allylic oxidation sites excluding steroid dienone is 12. The van der Waals surface area contributed by atoms with E-state index in [1.807, 2.05) is 0 Å². The van der Waals surface area contributed by atoms with Crippen molar-refractivity contribution in [2.24, 2.45) is 0 Å². The number of aldehydes is 3. The predicted octanol–water partition coefficient (Wildman–Crippen LogP) is 2.18. The molecule has 3 nitrogen and oxygen atoms in total. The number of hydrogen-bond donors (Lipinski definition) is 0. The van der Waals surface area contributed by atoms with Crippen LogP contribution in [0.3, 0.4) is 0 Å². The molecule has 0 atom stereocenters. The molecule has 0 fully saturated rings. The Morgan fingerprint density at radius 1 is 0.905 bits per heavy atom. The quantitative estimate of drug-likeness (QED) is 0.318. The molecule has 103 valence electrons. The third-order valence-electron chi connectivity index (χ3n) is 2.93. The Bertz CT molecular complexity index is 628. The minimum Gasteiger partial charge on any atom is -0.370 e. The normalized spacial score (nSPS) is 17.6. The molecule has 0 aromatic carbocycles. The summed E-state index contributed by atoms with van der Waals surface area (Å²) >= 11 is 0. The molecule has 0 aromatic heterocycles. The first-order valence-corrected chi connectivity index (χ1v) is 6.14. The zero-order valence-electron chi connectivity index (χ0n) is 11.3. The van der Waals surface area contributed by atoms with Crippen molar-refractivity contribution in [3.8, 4) is 0 Å². The molecule has 0 heterocycles. The van der Waals surface area contributed by atoms with Crippen LogP contribution >= 0.6 is 0 Å². The van der Waals surface area contributed by atoms with Gasteiger partial charge in [0.15, 0.2) is 0 Å². The van der Waals surface area contributed by atoms with Gasteiger partial charge in [0.1, 0.15) is 12.6 Å². The number of carbonyl (C=O) groups excluding carboxylic acids is 3. The van der Waals surface area contributed by atoms with Crippen LogP contribution in [0.15, 0.2) is 58.2 Å². The van der Waals surface area contributed by atoms with Crippen molar-refractivity contribution in [2.45, 2.75) is 12.8 Å². The van der Waals surface area contributed by atoms with Crippen LogP contribution in [0.2, 0.25) is 0 Å². The summed E-state index contributed by atoms with van der Waals surface area (Å²) in [5.74, 6) is 0. The van der Waals surface area contributed by atoms with Crippen LogP contribution in [0.5, 0.6) is 0 Å². The molecule has 2 aliphatic rings. The van der Waals surface area contributed by atoms with Crippen molar-refractivity contribution in [1.29, 1.82) is 0 Å². The molecule has 0 N–H and O–H groups in total. The molecule has 2 rings (SSSR count). The Morgan fingerprint density at radius 3 is 2.00 bits per heavy atom. The van der Waals surface area contributed by atoms with Crippen LogP contribution in [0.1, 0.15) is 12.8 Å². The monoisotopic (exact) mass is 353 g/mol. The summed E-state index contributed by atoms with van der Waals surface area (Å²) in [6, 6.07) is 0. The van der Waals surface area contributed by atoms with Gasteiger partial charge in [0, 0.05) is 39.0 Å². The first-order chi connectivity index (χ1) is 9.75. The number of carbonyl (C=O) groups is 3. The van der Waals surface area contributed by atoms with E-state index in [4.69, 9.17) is 0 Å². The molecule has 0 bridgehead atoms. The average molecular weight is 353 g/mol. The van der Waals surface area contributed by atoms with Gasteiger partial charge in [0.05, 0.1) is 0 Å². The van der Waals surface area contributed by atoms with Crippen molar-refractivity contribution in [3.05, 3.63) is 70.4 Å². The molecule has 0 aliphatic heterocycles. The Hall–Kier alpha value is -1.45. The molecule has 1 radical (unpaired) electrons. The third kappa shape index (κ3) is 5.11. The summed E-state index contributed by atoms with van der Waals surface area (Å²) in [4.78, 5) is 32.2. The van der Waals surface area contributed by atoms with Gasteiger partial charge in [-0.25, -0.2) is 23.8 Å². The van der Waals surface area contributed by atoms with Crippen molar-refractivity contribution in [3.63, 3.8) is 0 Å². The minimum atomic E-state index is 0. The summed E-state index contributed by atoms with van der Waals surface area (Å²) < 4.78 is 0. The molecule has 0 saturated carbocycles. The maximum absolute atomic E-state index is 11.0. The second-order valence-electron chi connectivity index (χ2n) is 4.44. The molecule has 21 heavy (non-hydrogen) atoms. The molecule has 0 spiro atoms. The van der Waals surface area contributed by atoms with Gasteiger partial charge in [-0.1, -0.05) is 6.08 Å². The van der Waals surface area contributed by atoms with Gasteiger partial charge in [-0.3, -0.25) is 9.59 Å². The topological polar surface area (TPSA) is 51.2 Å². The van der Waals surface area contributed by atoms with E-state index in [0.717, 1.165) is 23.7 Å². The van der Waals surface area contributed by atoms with Crippen molar-refractivity contribution in [1.82, 2.24) is 0 Å². The smallest absolute Gasteiger partial charge is 0.145 e. The SMILES string of the molecule is O=CC(=[C-]C1=CC=C(C=O)C1)C=[C-]C1=CC=C(C=O)C1.[Y]. The second-order valence-corrected chi connectivity index (χ2v) is 4.44. The molecule has 0 aromatic rings. The summed E-state index contributed by atoms with van der Waals surface area (Å²) in [6.45, 7) is 0. The summed E-state index contributed by atoms with van der Waals surface area (Å²) in [5, 5.41) is 0. The largest absolute Gasteiger partial charge is 0.370 e. The molecule has 4 heteroatoms. The fraction of sp³-hybridized carbons (Fsp3) is 0.118. The fourth-order valence-electron chi connectivity index (χ4n) is 1.89. The van der Waals surface area contributed by atoms with Crippen LogP contribution in [-0.4, -0.2) is 18.9 Å². The van der Waals surface area contributed by atoms with Gasteiger partial charge in [-0.05, 0) is 24.0 Å². The molecular formula is C17H12O3Y-2. The molecular weight excluding hydrogens is 341 g/mol. The van der Waals surface area contributed by atoms with E-state index in [1.54, 1.807) is 30.4 Å². The maximum atomic E-state index is 11.0. The Balaban J connectivity index is 0.00000220. The predicted molar refractivity (Wildman–Crippen MR) is 74.3 cm³/mol. The van der Waals surface area contributed by atoms with Crippen LogP contribution in [-0.2, 0) is 47.1 Å². The summed E-state index contributed by atoms with van der Waals surface area (Å²) in [6.07, 6.45) is 17.8. The Morgan fingerprint density at radius 2 is 1.48 bits per heavy atom. The molecule has 2 aliphatic carbocycles. The van der Waals surface area contributed by atoms with Crippen LogP contribution < -0.4 is 0 Å². The van der Waals surface area contributed by atoms with E-state index in [-0.39, 0.29) is 32.7 Å². The standard InChI is InChI=1S/C17H12O3.Y/c18-10-15-4-1-13(7-15)2-5-16(11-19)8-14-3-6-17(9-14)12-20;/h1,3-6,10-12H,7,9H2;/q-2;. The van der Waals surface area contributed by atoms with Gasteiger partial charge in [-0.2, -0.15) is 11.6 Å². The van der Waals surface area contributed by atoms with E-state index in [9.17, 15) is 14.4 Å². The van der Waals surface area contributed by atoms with E-state index >= 15 is 0 Å². The Labute approximate surface area is 148 Å². The zero-order valence-corrected chi connectivity index (χ0v) is 14.2. The molecule has 0 amide bonds. The van der Waals surface area contributed by atoms with Gasteiger partial charge in [-0.15, -0.1) is 17.7 Å². The van der Waals surface area contributed by atoms with Gasteiger partial charge in [0.2, 0.25) is 0 Å². The zero-order chi connectivity index (χ0) is 14.4.